The monoisotopic (exact) mass is 430 g/mol. The first-order valence-electron chi connectivity index (χ1n) is 9.84. The van der Waals surface area contributed by atoms with E-state index in [4.69, 9.17) is 10.3 Å². The maximum absolute atomic E-state index is 13.0. The van der Waals surface area contributed by atoms with Crippen molar-refractivity contribution in [2.75, 3.05) is 5.73 Å². The maximum atomic E-state index is 13.0. The van der Waals surface area contributed by atoms with Crippen molar-refractivity contribution < 1.29 is 13.7 Å². The van der Waals surface area contributed by atoms with E-state index in [0.29, 0.717) is 36.5 Å². The Hall–Kier alpha value is -2.93. The summed E-state index contributed by atoms with van der Waals surface area (Å²) in [5.41, 5.74) is 9.71. The van der Waals surface area contributed by atoms with Gasteiger partial charge in [0.2, 0.25) is 17.6 Å². The molecule has 6 nitrogen and oxygen atoms in total. The van der Waals surface area contributed by atoms with Crippen molar-refractivity contribution in [3.05, 3.63) is 65.3 Å². The Morgan fingerprint density at radius 1 is 1.23 bits per heavy atom. The van der Waals surface area contributed by atoms with Gasteiger partial charge in [0.05, 0.1) is 6.04 Å². The van der Waals surface area contributed by atoms with E-state index in [1.807, 2.05) is 18.2 Å². The lowest BCUT2D eigenvalue weighted by atomic mass is 9.87. The Labute approximate surface area is 180 Å². The molecule has 158 valence electrons. The van der Waals surface area contributed by atoms with Gasteiger partial charge in [-0.15, -0.1) is 12.4 Å². The van der Waals surface area contributed by atoms with Gasteiger partial charge in [0.1, 0.15) is 5.82 Å². The molecule has 2 aromatic carbocycles. The average molecular weight is 431 g/mol. The highest BCUT2D eigenvalue weighted by Gasteiger charge is 2.21. The van der Waals surface area contributed by atoms with E-state index < -0.39 is 0 Å². The summed E-state index contributed by atoms with van der Waals surface area (Å²) in [7, 11) is 0. The summed E-state index contributed by atoms with van der Waals surface area (Å²) in [4.78, 5) is 16.7. The number of amides is 1. The first kappa shape index (κ1) is 21.8. The van der Waals surface area contributed by atoms with Crippen LogP contribution in [0.4, 0.5) is 10.1 Å². The molecule has 0 fully saturated rings. The Balaban J connectivity index is 0.00000256. The van der Waals surface area contributed by atoms with Gasteiger partial charge in [-0.3, -0.25) is 4.79 Å². The van der Waals surface area contributed by atoms with Crippen LogP contribution in [0.15, 0.2) is 47.0 Å². The molecule has 0 radical (unpaired) electrons. The molecule has 1 amide bonds. The van der Waals surface area contributed by atoms with Gasteiger partial charge in [0.15, 0.2) is 0 Å². The molecule has 8 heteroatoms. The van der Waals surface area contributed by atoms with E-state index in [9.17, 15) is 9.18 Å². The normalized spacial score (nSPS) is 15.2. The van der Waals surface area contributed by atoms with Gasteiger partial charge < -0.3 is 15.6 Å². The highest BCUT2D eigenvalue weighted by Crippen LogP contribution is 2.31. The summed E-state index contributed by atoms with van der Waals surface area (Å²) in [6.07, 6.45) is 4.48. The van der Waals surface area contributed by atoms with Crippen LogP contribution in [-0.2, 0) is 17.6 Å². The fourth-order valence-corrected chi connectivity index (χ4v) is 3.72. The number of anilines is 1. The van der Waals surface area contributed by atoms with Gasteiger partial charge in [-0.25, -0.2) is 4.39 Å². The van der Waals surface area contributed by atoms with E-state index in [-0.39, 0.29) is 30.2 Å². The summed E-state index contributed by atoms with van der Waals surface area (Å²) in [6, 6.07) is 11.9. The average Bonchev–Trinajstić information content (AvgIpc) is 3.17. The number of nitrogens with one attached hydrogen (secondary N) is 1. The Morgan fingerprint density at radius 2 is 2.03 bits per heavy atom. The third-order valence-electron chi connectivity index (χ3n) is 5.18. The number of aromatic nitrogens is 2. The fourth-order valence-electron chi connectivity index (χ4n) is 3.72. The Kier molecular flexibility index (Phi) is 7.05. The predicted molar refractivity (Wildman–Crippen MR) is 115 cm³/mol. The van der Waals surface area contributed by atoms with Crippen molar-refractivity contribution in [3.8, 4) is 11.4 Å². The van der Waals surface area contributed by atoms with Crippen LogP contribution in [0.2, 0.25) is 0 Å². The zero-order chi connectivity index (χ0) is 20.2. The number of nitrogens with two attached hydrogens (primary N) is 1. The van der Waals surface area contributed by atoms with Crippen LogP contribution in [0.5, 0.6) is 0 Å². The summed E-state index contributed by atoms with van der Waals surface area (Å²) in [6.45, 7) is 0. The summed E-state index contributed by atoms with van der Waals surface area (Å²) < 4.78 is 18.3. The van der Waals surface area contributed by atoms with E-state index in [0.717, 1.165) is 24.9 Å². The third-order valence-corrected chi connectivity index (χ3v) is 5.18. The number of nitrogen functional groups attached to an aromatic ring is 1. The van der Waals surface area contributed by atoms with Gasteiger partial charge in [0.25, 0.3) is 0 Å². The summed E-state index contributed by atoms with van der Waals surface area (Å²) in [5.74, 6) is 0.587. The number of hydrogen-bond acceptors (Lipinski definition) is 5. The van der Waals surface area contributed by atoms with E-state index in [1.54, 1.807) is 12.1 Å². The quantitative estimate of drug-likeness (QED) is 0.565. The number of benzene rings is 2. The number of halogens is 2. The van der Waals surface area contributed by atoms with E-state index >= 15 is 0 Å². The van der Waals surface area contributed by atoms with Gasteiger partial charge >= 0.3 is 0 Å². The minimum atomic E-state index is -0.312. The minimum Gasteiger partial charge on any atom is -0.399 e. The molecule has 0 saturated carbocycles. The van der Waals surface area contributed by atoms with Crippen molar-refractivity contribution in [2.24, 2.45) is 0 Å². The molecule has 1 heterocycles. The summed E-state index contributed by atoms with van der Waals surface area (Å²) >= 11 is 0. The lowest BCUT2D eigenvalue weighted by Crippen LogP contribution is -2.30. The maximum Gasteiger partial charge on any atom is 0.226 e. The molecule has 1 aliphatic carbocycles. The lowest BCUT2D eigenvalue weighted by Gasteiger charge is -2.26. The standard InChI is InChI=1S/C22H23FN4O2.ClH/c23-16-9-7-14(8-10-16)22-26-21(29-27-22)6-2-5-20(28)25-19-4-1-3-15-13-17(24)11-12-18(15)19;/h7-13,19H,1-6,24H2,(H,25,28);1H. The van der Waals surface area contributed by atoms with Crippen molar-refractivity contribution in [1.29, 1.82) is 0 Å². The first-order valence-corrected chi connectivity index (χ1v) is 9.84. The van der Waals surface area contributed by atoms with Crippen LogP contribution < -0.4 is 11.1 Å². The van der Waals surface area contributed by atoms with Crippen molar-refractivity contribution >= 4 is 24.0 Å². The zero-order valence-corrected chi connectivity index (χ0v) is 17.3. The highest BCUT2D eigenvalue weighted by molar-refractivity contribution is 5.85. The number of aryl methyl sites for hydroxylation is 2. The summed E-state index contributed by atoms with van der Waals surface area (Å²) in [5, 5.41) is 7.06. The van der Waals surface area contributed by atoms with Crippen molar-refractivity contribution in [1.82, 2.24) is 15.5 Å². The molecule has 30 heavy (non-hydrogen) atoms. The molecule has 0 spiro atoms. The number of carbonyl (C=O) groups excluding carboxylic acids is 1. The second kappa shape index (κ2) is 9.71. The molecular formula is C22H24ClFN4O2. The van der Waals surface area contributed by atoms with Gasteiger partial charge in [-0.05, 0) is 73.2 Å². The van der Waals surface area contributed by atoms with Crippen molar-refractivity contribution in [2.45, 2.75) is 44.6 Å². The van der Waals surface area contributed by atoms with E-state index in [1.165, 1.54) is 23.3 Å². The van der Waals surface area contributed by atoms with Crippen LogP contribution in [-0.4, -0.2) is 16.0 Å². The number of carbonyl (C=O) groups is 1. The Morgan fingerprint density at radius 3 is 2.83 bits per heavy atom. The molecule has 1 atom stereocenters. The van der Waals surface area contributed by atoms with Crippen LogP contribution in [0.1, 0.15) is 48.7 Å². The second-order valence-electron chi connectivity index (χ2n) is 7.34. The van der Waals surface area contributed by atoms with E-state index in [2.05, 4.69) is 15.5 Å². The molecule has 1 aliphatic rings. The molecule has 1 aromatic heterocycles. The Bertz CT molecular complexity index is 1010. The number of rotatable bonds is 6. The molecule has 1 unspecified atom stereocenters. The molecular weight excluding hydrogens is 407 g/mol. The van der Waals surface area contributed by atoms with Crippen LogP contribution in [0.3, 0.4) is 0 Å². The van der Waals surface area contributed by atoms with Crippen LogP contribution >= 0.6 is 12.4 Å². The number of fused-ring (bicyclic) bond motifs is 1. The van der Waals surface area contributed by atoms with Crippen LogP contribution in [0.25, 0.3) is 11.4 Å². The predicted octanol–water partition coefficient (Wildman–Crippen LogP) is 4.40. The fraction of sp³-hybridized carbons (Fsp3) is 0.318. The molecule has 0 saturated heterocycles. The molecule has 3 aromatic rings. The zero-order valence-electron chi connectivity index (χ0n) is 16.4. The molecule has 0 bridgehead atoms. The minimum absolute atomic E-state index is 0. The smallest absolute Gasteiger partial charge is 0.226 e. The first-order chi connectivity index (χ1) is 14.1. The molecule has 4 rings (SSSR count). The van der Waals surface area contributed by atoms with Gasteiger partial charge in [-0.1, -0.05) is 11.2 Å². The van der Waals surface area contributed by atoms with Gasteiger partial charge in [0, 0.05) is 24.1 Å². The highest BCUT2D eigenvalue weighted by atomic mass is 35.5. The van der Waals surface area contributed by atoms with Gasteiger partial charge in [-0.2, -0.15) is 4.98 Å². The largest absolute Gasteiger partial charge is 0.399 e. The number of nitrogens with zero attached hydrogens (tertiary/aromatic N) is 2. The second-order valence-corrected chi connectivity index (χ2v) is 7.34. The topological polar surface area (TPSA) is 94.0 Å². The lowest BCUT2D eigenvalue weighted by molar-refractivity contribution is -0.122. The molecule has 0 aliphatic heterocycles. The molecule has 3 N–H and O–H groups in total. The third kappa shape index (κ3) is 5.16. The SMILES string of the molecule is Cl.Nc1ccc2c(c1)CCCC2NC(=O)CCCc1nc(-c2ccc(F)cc2)no1. The van der Waals surface area contributed by atoms with Crippen molar-refractivity contribution in [3.63, 3.8) is 0 Å². The van der Waals surface area contributed by atoms with Crippen LogP contribution in [0, 0.1) is 5.82 Å². The number of hydrogen-bond donors (Lipinski definition) is 2.